The van der Waals surface area contributed by atoms with Crippen LogP contribution in [0.2, 0.25) is 0 Å². The topological polar surface area (TPSA) is 54.6 Å². The molecule has 4 nitrogen and oxygen atoms in total. The zero-order valence-electron chi connectivity index (χ0n) is 10.4. The van der Waals surface area contributed by atoms with E-state index in [1.165, 1.54) is 11.3 Å². The lowest BCUT2D eigenvalue weighted by Crippen LogP contribution is -2.15. The van der Waals surface area contributed by atoms with Crippen molar-refractivity contribution in [1.29, 1.82) is 0 Å². The van der Waals surface area contributed by atoms with Crippen LogP contribution in [0, 0.1) is 6.92 Å². The first-order valence-electron chi connectivity index (χ1n) is 5.81. The Kier molecular flexibility index (Phi) is 4.42. The van der Waals surface area contributed by atoms with Crippen molar-refractivity contribution in [1.82, 2.24) is 9.38 Å². The average Bonchev–Trinajstić information content (AvgIpc) is 2.69. The molecule has 18 heavy (non-hydrogen) atoms. The number of hydrogen-bond donors (Lipinski definition) is 1. The van der Waals surface area contributed by atoms with E-state index in [2.05, 4.69) is 11.9 Å². The molecule has 0 spiro atoms. The van der Waals surface area contributed by atoms with Gasteiger partial charge in [0.05, 0.1) is 5.69 Å². The third-order valence-electron chi connectivity index (χ3n) is 2.68. The van der Waals surface area contributed by atoms with Crippen LogP contribution in [-0.2, 0) is 5.75 Å². The van der Waals surface area contributed by atoms with Gasteiger partial charge in [-0.2, -0.15) is 11.8 Å². The molecule has 1 atom stereocenters. The van der Waals surface area contributed by atoms with Gasteiger partial charge in [0.25, 0.3) is 5.56 Å². The van der Waals surface area contributed by atoms with Crippen molar-refractivity contribution in [3.05, 3.63) is 33.2 Å². The molecule has 0 bridgehead atoms. The zero-order chi connectivity index (χ0) is 13.1. The molecule has 2 rings (SSSR count). The Bertz CT molecular complexity index is 591. The van der Waals surface area contributed by atoms with Gasteiger partial charge in [0.1, 0.15) is 0 Å². The zero-order valence-corrected chi connectivity index (χ0v) is 12.1. The van der Waals surface area contributed by atoms with Crippen molar-refractivity contribution in [3.63, 3.8) is 0 Å². The highest BCUT2D eigenvalue weighted by molar-refractivity contribution is 7.99. The second-order valence-corrected chi connectivity index (χ2v) is 6.48. The van der Waals surface area contributed by atoms with Gasteiger partial charge in [0, 0.05) is 34.8 Å². The molecular formula is C12H16N2O2S2. The molecule has 0 aliphatic carbocycles. The van der Waals surface area contributed by atoms with Gasteiger partial charge in [-0.3, -0.25) is 9.20 Å². The quantitative estimate of drug-likeness (QED) is 0.913. The van der Waals surface area contributed by atoms with Crippen LogP contribution in [0.1, 0.15) is 24.7 Å². The van der Waals surface area contributed by atoms with Gasteiger partial charge in [-0.1, -0.05) is 6.92 Å². The summed E-state index contributed by atoms with van der Waals surface area (Å²) in [5.74, 6) is 0.712. The fraction of sp³-hybridized carbons (Fsp3) is 0.500. The van der Waals surface area contributed by atoms with E-state index in [-0.39, 0.29) is 12.2 Å². The number of aromatic nitrogens is 2. The van der Waals surface area contributed by atoms with Crippen LogP contribution in [0.5, 0.6) is 0 Å². The second kappa shape index (κ2) is 5.86. The van der Waals surface area contributed by atoms with Crippen LogP contribution < -0.4 is 5.56 Å². The van der Waals surface area contributed by atoms with Crippen molar-refractivity contribution < 1.29 is 5.11 Å². The first kappa shape index (κ1) is 13.6. The van der Waals surface area contributed by atoms with Crippen LogP contribution in [0.4, 0.5) is 0 Å². The summed E-state index contributed by atoms with van der Waals surface area (Å²) in [6.45, 7) is 4.18. The van der Waals surface area contributed by atoms with Gasteiger partial charge in [-0.25, -0.2) is 4.98 Å². The lowest BCUT2D eigenvalue weighted by molar-refractivity contribution is 0.289. The standard InChI is InChI=1S/C12H16N2O2S2/c1-8-6-18-12-13-10(5-11(16)14(8)12)7-17-9(2)3-4-15/h5-6,9,15H,3-4,7H2,1-2H3. The van der Waals surface area contributed by atoms with Crippen molar-refractivity contribution in [2.75, 3.05) is 6.61 Å². The summed E-state index contributed by atoms with van der Waals surface area (Å²) in [6.07, 6.45) is 0.768. The minimum atomic E-state index is -0.0100. The van der Waals surface area contributed by atoms with E-state index in [1.54, 1.807) is 22.2 Å². The molecule has 2 aromatic heterocycles. The van der Waals surface area contributed by atoms with Crippen molar-refractivity contribution >= 4 is 28.1 Å². The van der Waals surface area contributed by atoms with E-state index in [0.29, 0.717) is 11.0 Å². The molecule has 0 aliphatic heterocycles. The molecule has 2 aromatic rings. The van der Waals surface area contributed by atoms with Crippen molar-refractivity contribution in [3.8, 4) is 0 Å². The number of hydrogen-bond acceptors (Lipinski definition) is 5. The Balaban J connectivity index is 2.17. The third-order valence-corrected chi connectivity index (χ3v) is 4.89. The summed E-state index contributed by atoms with van der Waals surface area (Å²) >= 11 is 3.20. The van der Waals surface area contributed by atoms with E-state index in [9.17, 15) is 4.79 Å². The lowest BCUT2D eigenvalue weighted by atomic mass is 10.3. The molecule has 0 amide bonds. The summed E-state index contributed by atoms with van der Waals surface area (Å²) in [5, 5.41) is 11.2. The Morgan fingerprint density at radius 1 is 1.61 bits per heavy atom. The smallest absolute Gasteiger partial charge is 0.258 e. The molecule has 98 valence electrons. The monoisotopic (exact) mass is 284 g/mol. The summed E-state index contributed by atoms with van der Waals surface area (Å²) in [6, 6.07) is 1.60. The molecule has 0 aromatic carbocycles. The van der Waals surface area contributed by atoms with E-state index in [1.807, 2.05) is 12.3 Å². The number of rotatable bonds is 5. The number of thioether (sulfide) groups is 1. The van der Waals surface area contributed by atoms with Crippen molar-refractivity contribution in [2.24, 2.45) is 0 Å². The molecule has 1 unspecified atom stereocenters. The first-order valence-corrected chi connectivity index (χ1v) is 7.74. The lowest BCUT2D eigenvalue weighted by Gasteiger charge is -2.08. The molecule has 0 radical (unpaired) electrons. The van der Waals surface area contributed by atoms with Gasteiger partial charge in [0.2, 0.25) is 0 Å². The highest BCUT2D eigenvalue weighted by atomic mass is 32.2. The Morgan fingerprint density at radius 2 is 2.39 bits per heavy atom. The predicted molar refractivity (Wildman–Crippen MR) is 76.5 cm³/mol. The number of aliphatic hydroxyl groups excluding tert-OH is 1. The molecule has 0 saturated carbocycles. The second-order valence-electron chi connectivity index (χ2n) is 4.21. The van der Waals surface area contributed by atoms with Gasteiger partial charge in [-0.15, -0.1) is 11.3 Å². The van der Waals surface area contributed by atoms with E-state index in [0.717, 1.165) is 22.8 Å². The summed E-state index contributed by atoms with van der Waals surface area (Å²) in [7, 11) is 0. The molecule has 2 heterocycles. The fourth-order valence-electron chi connectivity index (χ4n) is 1.67. The molecule has 0 aliphatic rings. The summed E-state index contributed by atoms with van der Waals surface area (Å²) in [4.78, 5) is 17.2. The van der Waals surface area contributed by atoms with Gasteiger partial charge in [0.15, 0.2) is 4.96 Å². The number of thiazole rings is 1. The predicted octanol–water partition coefficient (Wildman–Crippen LogP) is 2.07. The van der Waals surface area contributed by atoms with Crippen LogP contribution in [0.3, 0.4) is 0 Å². The first-order chi connectivity index (χ1) is 8.61. The number of nitrogens with zero attached hydrogens (tertiary/aromatic N) is 2. The average molecular weight is 284 g/mol. The highest BCUT2D eigenvalue weighted by Crippen LogP contribution is 2.19. The van der Waals surface area contributed by atoms with E-state index < -0.39 is 0 Å². The summed E-state index contributed by atoms with van der Waals surface area (Å²) < 4.78 is 1.63. The maximum atomic E-state index is 11.9. The summed E-state index contributed by atoms with van der Waals surface area (Å²) in [5.41, 5.74) is 1.74. The fourth-order valence-corrected chi connectivity index (χ4v) is 3.43. The van der Waals surface area contributed by atoms with Crippen LogP contribution in [-0.4, -0.2) is 26.3 Å². The van der Waals surface area contributed by atoms with Crippen molar-refractivity contribution in [2.45, 2.75) is 31.3 Å². The van der Waals surface area contributed by atoms with Crippen LogP contribution in [0.15, 0.2) is 16.2 Å². The minimum Gasteiger partial charge on any atom is -0.396 e. The van der Waals surface area contributed by atoms with Crippen LogP contribution >= 0.6 is 23.1 Å². The molecule has 1 N–H and O–H groups in total. The van der Waals surface area contributed by atoms with Gasteiger partial charge in [-0.05, 0) is 13.3 Å². The largest absolute Gasteiger partial charge is 0.396 e. The maximum Gasteiger partial charge on any atom is 0.258 e. The number of aliphatic hydroxyl groups is 1. The van der Waals surface area contributed by atoms with Gasteiger partial charge < -0.3 is 5.11 Å². The Hall–Kier alpha value is -0.850. The number of fused-ring (bicyclic) bond motifs is 1. The van der Waals surface area contributed by atoms with E-state index >= 15 is 0 Å². The molecule has 0 fully saturated rings. The minimum absolute atomic E-state index is 0.0100. The SMILES string of the molecule is Cc1csc2nc(CSC(C)CCO)cc(=O)n12. The molecule has 6 heteroatoms. The molecule has 0 saturated heterocycles. The maximum absolute atomic E-state index is 11.9. The third kappa shape index (κ3) is 2.93. The number of aryl methyl sites for hydroxylation is 1. The highest BCUT2D eigenvalue weighted by Gasteiger charge is 2.08. The van der Waals surface area contributed by atoms with Crippen LogP contribution in [0.25, 0.3) is 4.96 Å². The normalized spacial score (nSPS) is 13.1. The Morgan fingerprint density at radius 3 is 3.11 bits per heavy atom. The Labute approximate surface area is 114 Å². The van der Waals surface area contributed by atoms with E-state index in [4.69, 9.17) is 5.11 Å². The molecular weight excluding hydrogens is 268 g/mol. The van der Waals surface area contributed by atoms with Gasteiger partial charge >= 0.3 is 0 Å².